The van der Waals surface area contributed by atoms with Crippen molar-refractivity contribution in [3.8, 4) is 5.75 Å². The third kappa shape index (κ3) is 2.63. The molecule has 0 fully saturated rings. The van der Waals surface area contributed by atoms with E-state index in [-0.39, 0.29) is 0 Å². The fourth-order valence-corrected chi connectivity index (χ4v) is 2.65. The SMILES string of the molecule is CCCC1NCC(C)c2ccc(OCC)cc21. The zero-order valence-electron chi connectivity index (χ0n) is 11.1. The number of nitrogens with one attached hydrogen (secondary N) is 1. The van der Waals surface area contributed by atoms with Crippen LogP contribution < -0.4 is 10.1 Å². The number of rotatable bonds is 4. The number of ether oxygens (including phenoxy) is 1. The first-order valence-electron chi connectivity index (χ1n) is 6.76. The quantitative estimate of drug-likeness (QED) is 0.857. The van der Waals surface area contributed by atoms with Gasteiger partial charge in [0, 0.05) is 12.6 Å². The highest BCUT2D eigenvalue weighted by atomic mass is 16.5. The first-order chi connectivity index (χ1) is 8.26. The third-order valence-electron chi connectivity index (χ3n) is 3.52. The van der Waals surface area contributed by atoms with Crippen molar-refractivity contribution in [3.63, 3.8) is 0 Å². The lowest BCUT2D eigenvalue weighted by Gasteiger charge is -2.31. The van der Waals surface area contributed by atoms with E-state index < -0.39 is 0 Å². The van der Waals surface area contributed by atoms with Gasteiger partial charge in [0.1, 0.15) is 5.75 Å². The van der Waals surface area contributed by atoms with Gasteiger partial charge in [0.25, 0.3) is 0 Å². The van der Waals surface area contributed by atoms with Crippen molar-refractivity contribution in [2.75, 3.05) is 13.2 Å². The first kappa shape index (κ1) is 12.4. The van der Waals surface area contributed by atoms with Crippen molar-refractivity contribution in [1.29, 1.82) is 0 Å². The fraction of sp³-hybridized carbons (Fsp3) is 0.600. The first-order valence-corrected chi connectivity index (χ1v) is 6.76. The molecule has 0 aliphatic carbocycles. The number of hydrogen-bond acceptors (Lipinski definition) is 2. The maximum Gasteiger partial charge on any atom is 0.119 e. The van der Waals surface area contributed by atoms with E-state index >= 15 is 0 Å². The topological polar surface area (TPSA) is 21.3 Å². The number of fused-ring (bicyclic) bond motifs is 1. The Morgan fingerprint density at radius 2 is 2.12 bits per heavy atom. The van der Waals surface area contributed by atoms with Gasteiger partial charge < -0.3 is 10.1 Å². The van der Waals surface area contributed by atoms with Crippen LogP contribution in [-0.2, 0) is 0 Å². The average molecular weight is 233 g/mol. The molecular weight excluding hydrogens is 210 g/mol. The van der Waals surface area contributed by atoms with Crippen molar-refractivity contribution in [1.82, 2.24) is 5.32 Å². The molecule has 1 heterocycles. The fourth-order valence-electron chi connectivity index (χ4n) is 2.65. The monoisotopic (exact) mass is 233 g/mol. The lowest BCUT2D eigenvalue weighted by Crippen LogP contribution is -2.32. The summed E-state index contributed by atoms with van der Waals surface area (Å²) < 4.78 is 5.61. The van der Waals surface area contributed by atoms with Crippen LogP contribution in [0.4, 0.5) is 0 Å². The van der Waals surface area contributed by atoms with Gasteiger partial charge >= 0.3 is 0 Å². The zero-order chi connectivity index (χ0) is 12.3. The van der Waals surface area contributed by atoms with Crippen LogP contribution in [0.25, 0.3) is 0 Å². The summed E-state index contributed by atoms with van der Waals surface area (Å²) >= 11 is 0. The Hall–Kier alpha value is -1.02. The molecule has 2 nitrogen and oxygen atoms in total. The van der Waals surface area contributed by atoms with E-state index in [1.807, 2.05) is 6.92 Å². The molecule has 0 aromatic heterocycles. The van der Waals surface area contributed by atoms with Gasteiger partial charge in [-0.15, -0.1) is 0 Å². The molecule has 0 bridgehead atoms. The minimum absolute atomic E-state index is 0.506. The largest absolute Gasteiger partial charge is 0.494 e. The van der Waals surface area contributed by atoms with Gasteiger partial charge in [0.15, 0.2) is 0 Å². The second-order valence-electron chi connectivity index (χ2n) is 4.87. The predicted molar refractivity (Wildman–Crippen MR) is 71.7 cm³/mol. The predicted octanol–water partition coefficient (Wildman–Crippen LogP) is 3.63. The molecule has 1 aromatic rings. The van der Waals surface area contributed by atoms with Gasteiger partial charge in [0.05, 0.1) is 6.61 Å². The zero-order valence-corrected chi connectivity index (χ0v) is 11.1. The molecule has 17 heavy (non-hydrogen) atoms. The smallest absolute Gasteiger partial charge is 0.119 e. The van der Waals surface area contributed by atoms with Gasteiger partial charge in [-0.25, -0.2) is 0 Å². The molecule has 0 amide bonds. The van der Waals surface area contributed by atoms with Gasteiger partial charge in [0.2, 0.25) is 0 Å². The van der Waals surface area contributed by atoms with Crippen LogP contribution in [0.15, 0.2) is 18.2 Å². The summed E-state index contributed by atoms with van der Waals surface area (Å²) in [4.78, 5) is 0. The van der Waals surface area contributed by atoms with Crippen LogP contribution in [-0.4, -0.2) is 13.2 Å². The molecule has 2 unspecified atom stereocenters. The molecule has 0 radical (unpaired) electrons. The van der Waals surface area contributed by atoms with Gasteiger partial charge in [-0.3, -0.25) is 0 Å². The van der Waals surface area contributed by atoms with Crippen molar-refractivity contribution in [2.24, 2.45) is 0 Å². The van der Waals surface area contributed by atoms with Gasteiger partial charge in [-0.05, 0) is 42.5 Å². The van der Waals surface area contributed by atoms with Gasteiger partial charge in [-0.2, -0.15) is 0 Å². The normalized spacial score (nSPS) is 23.2. The van der Waals surface area contributed by atoms with E-state index in [4.69, 9.17) is 4.74 Å². The Morgan fingerprint density at radius 3 is 2.82 bits per heavy atom. The lowest BCUT2D eigenvalue weighted by molar-refractivity contribution is 0.338. The number of hydrogen-bond donors (Lipinski definition) is 1. The minimum atomic E-state index is 0.506. The van der Waals surface area contributed by atoms with E-state index in [0.717, 1.165) is 18.9 Å². The molecule has 2 atom stereocenters. The van der Waals surface area contributed by atoms with E-state index in [0.29, 0.717) is 12.0 Å². The van der Waals surface area contributed by atoms with Crippen molar-refractivity contribution >= 4 is 0 Å². The molecule has 0 spiro atoms. The lowest BCUT2D eigenvalue weighted by atomic mass is 9.86. The summed E-state index contributed by atoms with van der Waals surface area (Å²) in [5.74, 6) is 1.61. The molecule has 1 N–H and O–H groups in total. The van der Waals surface area contributed by atoms with Crippen LogP contribution in [0.5, 0.6) is 5.75 Å². The Morgan fingerprint density at radius 1 is 1.29 bits per heavy atom. The second kappa shape index (κ2) is 5.54. The molecule has 0 saturated heterocycles. The number of benzene rings is 1. The van der Waals surface area contributed by atoms with Crippen molar-refractivity contribution < 1.29 is 4.74 Å². The highest BCUT2D eigenvalue weighted by Crippen LogP contribution is 2.34. The van der Waals surface area contributed by atoms with E-state index in [1.165, 1.54) is 24.0 Å². The molecular formula is C15H23NO. The standard InChI is InChI=1S/C15H23NO/c1-4-6-15-14-9-12(17-5-2)7-8-13(14)11(3)10-16-15/h7-9,11,15-16H,4-6,10H2,1-3H3. The molecule has 2 heteroatoms. The Kier molecular flexibility index (Phi) is 4.06. The molecule has 1 aliphatic heterocycles. The van der Waals surface area contributed by atoms with Gasteiger partial charge in [-0.1, -0.05) is 26.3 Å². The van der Waals surface area contributed by atoms with E-state index in [1.54, 1.807) is 0 Å². The summed E-state index contributed by atoms with van der Waals surface area (Å²) in [6.45, 7) is 8.38. The molecule has 1 aliphatic rings. The second-order valence-corrected chi connectivity index (χ2v) is 4.87. The van der Waals surface area contributed by atoms with Crippen LogP contribution in [0.2, 0.25) is 0 Å². The van der Waals surface area contributed by atoms with Crippen molar-refractivity contribution in [3.05, 3.63) is 29.3 Å². The summed E-state index contributed by atoms with van der Waals surface area (Å²) in [6.07, 6.45) is 2.42. The van der Waals surface area contributed by atoms with Crippen molar-refractivity contribution in [2.45, 2.75) is 45.6 Å². The van der Waals surface area contributed by atoms with Crippen LogP contribution in [0, 0.1) is 0 Å². The van der Waals surface area contributed by atoms with E-state index in [2.05, 4.69) is 37.4 Å². The Bertz CT molecular complexity index is 375. The van der Waals surface area contributed by atoms with Crippen LogP contribution >= 0.6 is 0 Å². The molecule has 0 saturated carbocycles. The summed E-state index contributed by atoms with van der Waals surface area (Å²) in [6, 6.07) is 7.08. The Labute approximate surface area is 104 Å². The highest BCUT2D eigenvalue weighted by molar-refractivity contribution is 5.41. The molecule has 94 valence electrons. The summed E-state index contributed by atoms with van der Waals surface area (Å²) in [5.41, 5.74) is 2.93. The van der Waals surface area contributed by atoms with Crippen LogP contribution in [0.1, 0.15) is 56.7 Å². The van der Waals surface area contributed by atoms with Crippen LogP contribution in [0.3, 0.4) is 0 Å². The molecule has 1 aromatic carbocycles. The highest BCUT2D eigenvalue weighted by Gasteiger charge is 2.23. The average Bonchev–Trinajstić information content (AvgIpc) is 2.33. The minimum Gasteiger partial charge on any atom is -0.494 e. The molecule has 2 rings (SSSR count). The van der Waals surface area contributed by atoms with E-state index in [9.17, 15) is 0 Å². The maximum absolute atomic E-state index is 5.61. The Balaban J connectivity index is 2.31. The third-order valence-corrected chi connectivity index (χ3v) is 3.52. The maximum atomic E-state index is 5.61. The summed E-state index contributed by atoms with van der Waals surface area (Å²) in [7, 11) is 0. The summed E-state index contributed by atoms with van der Waals surface area (Å²) in [5, 5.41) is 3.64.